The number of hydrogen-bond acceptors (Lipinski definition) is 7. The summed E-state index contributed by atoms with van der Waals surface area (Å²) in [5.74, 6) is 0.348. The molecule has 1 aliphatic carbocycles. The molecule has 0 unspecified atom stereocenters. The number of ether oxygens (including phenoxy) is 1. The van der Waals surface area contributed by atoms with Crippen LogP contribution in [0, 0.1) is 12.3 Å². The van der Waals surface area contributed by atoms with Crippen LogP contribution in [0.5, 0.6) is 11.8 Å². The van der Waals surface area contributed by atoms with Gasteiger partial charge in [-0.05, 0) is 69.2 Å². The molecule has 3 aliphatic rings. The summed E-state index contributed by atoms with van der Waals surface area (Å²) in [6.07, 6.45) is 13.4. The molecule has 1 saturated carbocycles. The number of aromatic nitrogens is 3. The van der Waals surface area contributed by atoms with E-state index in [2.05, 4.69) is 22.1 Å². The summed E-state index contributed by atoms with van der Waals surface area (Å²) in [6, 6.07) is 3.33. The van der Waals surface area contributed by atoms with E-state index in [9.17, 15) is 19.2 Å². The molecule has 2 aromatic heterocycles. The molecule has 4 heterocycles. The number of allylic oxidation sites excluding steroid dienone is 2. The number of Topliss-reactive ketones (excluding diaryl/α,β-unsaturated/α-hetero) is 2. The van der Waals surface area contributed by atoms with Crippen LogP contribution < -0.4 is 4.74 Å². The van der Waals surface area contributed by atoms with E-state index in [0.717, 1.165) is 35.9 Å². The van der Waals surface area contributed by atoms with Crippen molar-refractivity contribution in [3.8, 4) is 11.8 Å². The minimum Gasteiger partial charge on any atom is -0.424 e. The summed E-state index contributed by atoms with van der Waals surface area (Å²) in [7, 11) is 1.83. The molecule has 230 valence electrons. The standard InChI is InChI=1S/C34H39N5O5/c1-5-28(41)27-14-34-15-29(34)39(27)31(43)19-38-18-26(22(3)40)25-13-24(44-33-35-16-21(2)17-36-33)12-23(32(25)38)10-8-6-7-9-11-30(42)37(4)20-34/h6,8,12-13,16-18,27,29H,5,7,9-11,14-15,19-20H2,1-4H3/b8-6+/t27-,29+,34-/m0/s1. The third-order valence-electron chi connectivity index (χ3n) is 9.35. The minimum absolute atomic E-state index is 0.00336. The van der Waals surface area contributed by atoms with E-state index in [1.165, 1.54) is 6.92 Å². The quantitative estimate of drug-likeness (QED) is 0.306. The molecule has 0 radical (unpaired) electrons. The lowest BCUT2D eigenvalue weighted by molar-refractivity contribution is -0.139. The van der Waals surface area contributed by atoms with Crippen LogP contribution in [0.4, 0.5) is 0 Å². The van der Waals surface area contributed by atoms with Crippen LogP contribution in [0.15, 0.2) is 42.9 Å². The maximum atomic E-state index is 14.1. The third kappa shape index (κ3) is 5.53. The largest absolute Gasteiger partial charge is 0.424 e. The predicted octanol–water partition coefficient (Wildman–Crippen LogP) is 4.81. The van der Waals surface area contributed by atoms with E-state index in [-0.39, 0.29) is 47.4 Å². The Morgan fingerprint density at radius 3 is 2.59 bits per heavy atom. The molecule has 44 heavy (non-hydrogen) atoms. The molecule has 0 N–H and O–H groups in total. The summed E-state index contributed by atoms with van der Waals surface area (Å²) >= 11 is 0. The van der Waals surface area contributed by atoms with E-state index in [1.54, 1.807) is 34.5 Å². The van der Waals surface area contributed by atoms with E-state index >= 15 is 0 Å². The molecular weight excluding hydrogens is 558 g/mol. The number of amides is 2. The number of ketones is 2. The van der Waals surface area contributed by atoms with Gasteiger partial charge in [0.05, 0.1) is 11.6 Å². The normalized spacial score (nSPS) is 24.6. The van der Waals surface area contributed by atoms with Crippen LogP contribution in [-0.4, -0.2) is 73.4 Å². The van der Waals surface area contributed by atoms with Crippen molar-refractivity contribution in [3.05, 3.63) is 59.6 Å². The molecular formula is C34H39N5O5. The van der Waals surface area contributed by atoms with Crippen molar-refractivity contribution in [3.63, 3.8) is 0 Å². The van der Waals surface area contributed by atoms with Gasteiger partial charge in [-0.25, -0.2) is 9.97 Å². The molecule has 10 heteroatoms. The molecule has 10 nitrogen and oxygen atoms in total. The second-order valence-corrected chi connectivity index (χ2v) is 12.6. The van der Waals surface area contributed by atoms with Crippen molar-refractivity contribution >= 4 is 34.3 Å². The molecule has 2 bridgehead atoms. The van der Waals surface area contributed by atoms with Crippen LogP contribution in [0.3, 0.4) is 0 Å². The van der Waals surface area contributed by atoms with Gasteiger partial charge in [0, 0.05) is 67.4 Å². The first-order valence-corrected chi connectivity index (χ1v) is 15.5. The van der Waals surface area contributed by atoms with Crippen molar-refractivity contribution in [2.24, 2.45) is 5.41 Å². The number of carbonyl (C=O) groups is 4. The predicted molar refractivity (Wildman–Crippen MR) is 165 cm³/mol. The number of nitrogens with zero attached hydrogens (tertiary/aromatic N) is 5. The van der Waals surface area contributed by atoms with Crippen molar-refractivity contribution in [2.45, 2.75) is 84.3 Å². The van der Waals surface area contributed by atoms with Crippen LogP contribution in [0.2, 0.25) is 0 Å². The molecule has 1 aromatic carbocycles. The highest BCUT2D eigenvalue weighted by molar-refractivity contribution is 6.08. The minimum atomic E-state index is -0.500. The Morgan fingerprint density at radius 1 is 1.09 bits per heavy atom. The Bertz CT molecular complexity index is 1680. The highest BCUT2D eigenvalue weighted by atomic mass is 16.5. The van der Waals surface area contributed by atoms with Gasteiger partial charge < -0.3 is 19.1 Å². The molecule has 6 rings (SSSR count). The van der Waals surface area contributed by atoms with E-state index < -0.39 is 6.04 Å². The number of rotatable bonds is 5. The fourth-order valence-corrected chi connectivity index (χ4v) is 7.06. The smallest absolute Gasteiger partial charge is 0.321 e. The maximum absolute atomic E-state index is 14.1. The number of aryl methyl sites for hydroxylation is 1. The zero-order chi connectivity index (χ0) is 31.2. The third-order valence-corrected chi connectivity index (χ3v) is 9.35. The fraction of sp³-hybridized carbons (Fsp3) is 0.471. The number of piperidine rings is 1. The lowest BCUT2D eigenvalue weighted by Crippen LogP contribution is -2.44. The second kappa shape index (κ2) is 11.6. The maximum Gasteiger partial charge on any atom is 0.321 e. The van der Waals surface area contributed by atoms with Crippen molar-refractivity contribution < 1.29 is 23.9 Å². The van der Waals surface area contributed by atoms with Crippen molar-refractivity contribution in [1.82, 2.24) is 24.3 Å². The highest BCUT2D eigenvalue weighted by Gasteiger charge is 2.67. The Balaban J connectivity index is 1.43. The number of carbonyl (C=O) groups excluding carboxylic acids is 4. The van der Waals surface area contributed by atoms with Gasteiger partial charge in [-0.2, -0.15) is 0 Å². The molecule has 3 aromatic rings. The average molecular weight is 598 g/mol. The summed E-state index contributed by atoms with van der Waals surface area (Å²) in [5, 5.41) is 0.687. The zero-order valence-electron chi connectivity index (χ0n) is 25.8. The van der Waals surface area contributed by atoms with E-state index in [4.69, 9.17) is 4.74 Å². The van der Waals surface area contributed by atoms with E-state index in [1.807, 2.05) is 31.5 Å². The lowest BCUT2D eigenvalue weighted by atomic mass is 9.95. The van der Waals surface area contributed by atoms with Crippen LogP contribution in [-0.2, 0) is 27.3 Å². The first-order chi connectivity index (χ1) is 21.1. The summed E-state index contributed by atoms with van der Waals surface area (Å²) in [6.45, 7) is 5.78. The molecule has 2 amide bonds. The molecule has 1 saturated heterocycles. The van der Waals surface area contributed by atoms with Crippen LogP contribution in [0.25, 0.3) is 10.9 Å². The summed E-state index contributed by atoms with van der Waals surface area (Å²) in [5.41, 5.74) is 2.81. The van der Waals surface area contributed by atoms with Gasteiger partial charge in [0.15, 0.2) is 11.6 Å². The van der Waals surface area contributed by atoms with Gasteiger partial charge in [-0.15, -0.1) is 0 Å². The lowest BCUT2D eigenvalue weighted by Gasteiger charge is -2.27. The molecule has 2 aliphatic heterocycles. The SMILES string of the molecule is CCC(=O)[C@@H]1C[C@@]23C[C@H]2N1C(=O)Cn1cc(C(C)=O)c2cc(Oc4ncc(C)cn4)cc(c21)C/C=C/CCCC(=O)N(C)C3. The molecule has 0 spiro atoms. The molecule has 3 atom stereocenters. The van der Waals surface area contributed by atoms with Gasteiger partial charge in [0.2, 0.25) is 11.8 Å². The molecule has 2 fully saturated rings. The van der Waals surface area contributed by atoms with Gasteiger partial charge in [0.1, 0.15) is 12.3 Å². The van der Waals surface area contributed by atoms with Gasteiger partial charge >= 0.3 is 6.01 Å². The first-order valence-electron chi connectivity index (χ1n) is 15.5. The van der Waals surface area contributed by atoms with Crippen LogP contribution in [0.1, 0.15) is 73.9 Å². The first kappa shape index (κ1) is 29.7. The topological polar surface area (TPSA) is 115 Å². The monoisotopic (exact) mass is 597 g/mol. The Morgan fingerprint density at radius 2 is 1.86 bits per heavy atom. The van der Waals surface area contributed by atoms with Crippen molar-refractivity contribution in [1.29, 1.82) is 0 Å². The van der Waals surface area contributed by atoms with Crippen LogP contribution >= 0.6 is 0 Å². The number of hydrogen-bond donors (Lipinski definition) is 0. The van der Waals surface area contributed by atoms with Gasteiger partial charge in [-0.3, -0.25) is 19.2 Å². The van der Waals surface area contributed by atoms with Gasteiger partial charge in [-0.1, -0.05) is 19.1 Å². The second-order valence-electron chi connectivity index (χ2n) is 12.6. The Kier molecular flexibility index (Phi) is 7.86. The highest BCUT2D eigenvalue weighted by Crippen LogP contribution is 2.60. The Labute approximate surface area is 257 Å². The summed E-state index contributed by atoms with van der Waals surface area (Å²) in [4.78, 5) is 65.2. The van der Waals surface area contributed by atoms with E-state index in [0.29, 0.717) is 48.9 Å². The average Bonchev–Trinajstić information content (AvgIpc) is 3.39. The fourth-order valence-electron chi connectivity index (χ4n) is 7.06. The number of benzene rings is 1. The zero-order valence-corrected chi connectivity index (χ0v) is 25.8. The van der Waals surface area contributed by atoms with Gasteiger partial charge in [0.25, 0.3) is 0 Å². The Hall–Kier alpha value is -4.34. The van der Waals surface area contributed by atoms with Crippen molar-refractivity contribution in [2.75, 3.05) is 13.6 Å². The summed E-state index contributed by atoms with van der Waals surface area (Å²) < 4.78 is 7.89.